The lowest BCUT2D eigenvalue weighted by atomic mass is 10.0. The first-order valence-electron chi connectivity index (χ1n) is 5.69. The zero-order valence-electron chi connectivity index (χ0n) is 9.24. The Labute approximate surface area is 86.4 Å². The molecular formula is C11H21NO2. The van der Waals surface area contributed by atoms with Gasteiger partial charge in [0.2, 0.25) is 0 Å². The Bertz CT molecular complexity index is 172. The van der Waals surface area contributed by atoms with Crippen molar-refractivity contribution in [1.82, 2.24) is 4.90 Å². The van der Waals surface area contributed by atoms with Gasteiger partial charge in [0.25, 0.3) is 0 Å². The summed E-state index contributed by atoms with van der Waals surface area (Å²) in [7, 11) is 0. The van der Waals surface area contributed by atoms with E-state index in [1.54, 1.807) is 0 Å². The summed E-state index contributed by atoms with van der Waals surface area (Å²) in [6.45, 7) is 9.39. The molecule has 0 saturated carbocycles. The summed E-state index contributed by atoms with van der Waals surface area (Å²) in [6, 6.07) is 0. The topological polar surface area (TPSA) is 21.7 Å². The van der Waals surface area contributed by atoms with Crippen LogP contribution in [0.2, 0.25) is 0 Å². The van der Waals surface area contributed by atoms with E-state index < -0.39 is 0 Å². The molecule has 2 atom stereocenters. The molecule has 2 rings (SSSR count). The zero-order valence-corrected chi connectivity index (χ0v) is 9.24. The number of fused-ring (bicyclic) bond motifs is 2. The molecule has 0 spiro atoms. The van der Waals surface area contributed by atoms with Crippen LogP contribution in [0.4, 0.5) is 0 Å². The fraction of sp³-hybridized carbons (Fsp3) is 1.00. The van der Waals surface area contributed by atoms with Crippen molar-refractivity contribution in [3.05, 3.63) is 0 Å². The van der Waals surface area contributed by atoms with Gasteiger partial charge in [0.15, 0.2) is 0 Å². The van der Waals surface area contributed by atoms with Crippen molar-refractivity contribution < 1.29 is 9.47 Å². The van der Waals surface area contributed by atoms with Crippen LogP contribution in [0.3, 0.4) is 0 Å². The number of ether oxygens (including phenoxy) is 2. The molecule has 2 heterocycles. The Morgan fingerprint density at radius 2 is 2.29 bits per heavy atom. The summed E-state index contributed by atoms with van der Waals surface area (Å²) in [5.41, 5.74) is 0. The van der Waals surface area contributed by atoms with Crippen molar-refractivity contribution in [3.8, 4) is 0 Å². The van der Waals surface area contributed by atoms with Crippen molar-refractivity contribution in [3.63, 3.8) is 0 Å². The fourth-order valence-corrected chi connectivity index (χ4v) is 2.36. The first-order chi connectivity index (χ1) is 6.74. The van der Waals surface area contributed by atoms with Gasteiger partial charge in [-0.3, -0.25) is 4.90 Å². The smallest absolute Gasteiger partial charge is 0.0706 e. The molecular weight excluding hydrogens is 178 g/mol. The summed E-state index contributed by atoms with van der Waals surface area (Å²) in [6.07, 6.45) is 2.14. The molecule has 0 radical (unpaired) electrons. The van der Waals surface area contributed by atoms with Gasteiger partial charge in [-0.1, -0.05) is 0 Å². The van der Waals surface area contributed by atoms with Crippen LogP contribution in [0.5, 0.6) is 0 Å². The summed E-state index contributed by atoms with van der Waals surface area (Å²) in [5.74, 6) is 0.785. The Balaban J connectivity index is 1.67. The molecule has 0 aromatic heterocycles. The van der Waals surface area contributed by atoms with E-state index in [0.717, 1.165) is 32.2 Å². The van der Waals surface area contributed by atoms with Crippen molar-refractivity contribution >= 4 is 0 Å². The Hall–Kier alpha value is -0.120. The van der Waals surface area contributed by atoms with Crippen LogP contribution in [0.25, 0.3) is 0 Å². The third-order valence-electron chi connectivity index (χ3n) is 3.00. The van der Waals surface area contributed by atoms with Crippen molar-refractivity contribution in [1.29, 1.82) is 0 Å². The molecule has 0 N–H and O–H groups in total. The normalized spacial score (nSPS) is 32.8. The van der Waals surface area contributed by atoms with E-state index in [1.165, 1.54) is 13.0 Å². The minimum atomic E-state index is 0.354. The van der Waals surface area contributed by atoms with Gasteiger partial charge in [0.05, 0.1) is 25.4 Å². The van der Waals surface area contributed by atoms with Crippen LogP contribution < -0.4 is 0 Å². The average molecular weight is 199 g/mol. The van der Waals surface area contributed by atoms with Crippen molar-refractivity contribution in [2.75, 3.05) is 32.8 Å². The van der Waals surface area contributed by atoms with Crippen LogP contribution in [0.1, 0.15) is 20.3 Å². The van der Waals surface area contributed by atoms with E-state index in [1.807, 2.05) is 0 Å². The van der Waals surface area contributed by atoms with Crippen molar-refractivity contribution in [2.24, 2.45) is 5.92 Å². The molecule has 0 aromatic carbocycles. The highest BCUT2D eigenvalue weighted by molar-refractivity contribution is 4.84. The molecule has 3 heteroatoms. The van der Waals surface area contributed by atoms with Gasteiger partial charge >= 0.3 is 0 Å². The number of piperidine rings is 1. The van der Waals surface area contributed by atoms with E-state index in [-0.39, 0.29) is 0 Å². The maximum atomic E-state index is 5.65. The van der Waals surface area contributed by atoms with Gasteiger partial charge in [0, 0.05) is 19.6 Å². The van der Waals surface area contributed by atoms with E-state index in [2.05, 4.69) is 18.7 Å². The molecule has 2 unspecified atom stereocenters. The lowest BCUT2D eigenvalue weighted by Gasteiger charge is -2.30. The largest absolute Gasteiger partial charge is 0.377 e. The van der Waals surface area contributed by atoms with Crippen LogP contribution in [-0.2, 0) is 9.47 Å². The van der Waals surface area contributed by atoms with Crippen molar-refractivity contribution in [2.45, 2.75) is 32.5 Å². The highest BCUT2D eigenvalue weighted by Gasteiger charge is 2.33. The maximum Gasteiger partial charge on any atom is 0.0706 e. The number of rotatable bonds is 4. The molecule has 14 heavy (non-hydrogen) atoms. The highest BCUT2D eigenvalue weighted by atomic mass is 16.5. The van der Waals surface area contributed by atoms with Crippen LogP contribution in [-0.4, -0.2) is 50.0 Å². The van der Waals surface area contributed by atoms with E-state index in [0.29, 0.717) is 12.2 Å². The van der Waals surface area contributed by atoms with Crippen LogP contribution in [0, 0.1) is 5.92 Å². The summed E-state index contributed by atoms with van der Waals surface area (Å²) >= 11 is 0. The molecule has 2 aliphatic heterocycles. The van der Waals surface area contributed by atoms with E-state index in [9.17, 15) is 0 Å². The zero-order chi connectivity index (χ0) is 9.97. The molecule has 3 nitrogen and oxygen atoms in total. The number of likely N-dealkylation sites (tertiary alicyclic amines) is 1. The van der Waals surface area contributed by atoms with E-state index >= 15 is 0 Å². The minimum Gasteiger partial charge on any atom is -0.377 e. The highest BCUT2D eigenvalue weighted by Crippen LogP contribution is 2.26. The Kier molecular flexibility index (Phi) is 3.42. The first-order valence-corrected chi connectivity index (χ1v) is 5.69. The Morgan fingerprint density at radius 3 is 3.00 bits per heavy atom. The van der Waals surface area contributed by atoms with Gasteiger partial charge in [-0.05, 0) is 26.2 Å². The average Bonchev–Trinajstić information content (AvgIpc) is 2.45. The predicted molar refractivity (Wildman–Crippen MR) is 55.4 cm³/mol. The second-order valence-electron chi connectivity index (χ2n) is 4.74. The molecule has 82 valence electrons. The second kappa shape index (κ2) is 4.60. The van der Waals surface area contributed by atoms with Gasteiger partial charge in [0.1, 0.15) is 0 Å². The summed E-state index contributed by atoms with van der Waals surface area (Å²) in [5, 5.41) is 0. The van der Waals surface area contributed by atoms with Gasteiger partial charge in [-0.25, -0.2) is 0 Å². The SMILES string of the molecule is CC(C)OCCN1CC2COC(C2)C1. The third-order valence-corrected chi connectivity index (χ3v) is 3.00. The lowest BCUT2D eigenvalue weighted by Crippen LogP contribution is -2.41. The summed E-state index contributed by atoms with van der Waals surface area (Å²) in [4.78, 5) is 2.48. The van der Waals surface area contributed by atoms with Gasteiger partial charge < -0.3 is 9.47 Å². The molecule has 2 bridgehead atoms. The monoisotopic (exact) mass is 199 g/mol. The number of nitrogens with zero attached hydrogens (tertiary/aromatic N) is 1. The maximum absolute atomic E-state index is 5.65. The minimum absolute atomic E-state index is 0.354. The molecule has 2 aliphatic rings. The fourth-order valence-electron chi connectivity index (χ4n) is 2.36. The van der Waals surface area contributed by atoms with Gasteiger partial charge in [-0.2, -0.15) is 0 Å². The van der Waals surface area contributed by atoms with Crippen LogP contribution >= 0.6 is 0 Å². The third kappa shape index (κ3) is 2.69. The quantitative estimate of drug-likeness (QED) is 0.677. The molecule has 0 aliphatic carbocycles. The number of hydrogen-bond donors (Lipinski definition) is 0. The molecule has 2 saturated heterocycles. The number of hydrogen-bond acceptors (Lipinski definition) is 3. The Morgan fingerprint density at radius 1 is 1.43 bits per heavy atom. The summed E-state index contributed by atoms with van der Waals surface area (Å²) < 4.78 is 11.2. The lowest BCUT2D eigenvalue weighted by molar-refractivity contribution is 0.0384. The van der Waals surface area contributed by atoms with Gasteiger partial charge in [-0.15, -0.1) is 0 Å². The van der Waals surface area contributed by atoms with E-state index in [4.69, 9.17) is 9.47 Å². The molecule has 2 fully saturated rings. The van der Waals surface area contributed by atoms with Crippen LogP contribution in [0.15, 0.2) is 0 Å². The predicted octanol–water partition coefficient (Wildman–Crippen LogP) is 1.13. The standard InChI is InChI=1S/C11H21NO2/c1-9(2)13-4-3-12-6-10-5-11(7-12)14-8-10/h9-11H,3-8H2,1-2H3. The second-order valence-corrected chi connectivity index (χ2v) is 4.74. The molecule has 0 amide bonds. The molecule has 0 aromatic rings. The first kappa shape index (κ1) is 10.4.